The summed E-state index contributed by atoms with van der Waals surface area (Å²) in [6, 6.07) is 63.2. The van der Waals surface area contributed by atoms with Gasteiger partial charge >= 0.3 is 0 Å². The zero-order valence-electron chi connectivity index (χ0n) is 29.2. The molecule has 0 unspecified atom stereocenters. The van der Waals surface area contributed by atoms with E-state index in [-0.39, 0.29) is 0 Å². The molecule has 3 heteroatoms. The lowest BCUT2D eigenvalue weighted by molar-refractivity contribution is 1.19. The summed E-state index contributed by atoms with van der Waals surface area (Å²) < 4.78 is 0. The third-order valence-electron chi connectivity index (χ3n) is 10.9. The van der Waals surface area contributed by atoms with Gasteiger partial charge in [0.2, 0.25) is 0 Å². The van der Waals surface area contributed by atoms with Crippen molar-refractivity contribution in [2.45, 2.75) is 0 Å². The molecule has 0 N–H and O–H groups in total. The maximum Gasteiger partial charge on any atom is 0.161 e. The SMILES string of the molecule is c1ccc2c(c1)cc(-c1ccc(-c3cc(-c4ccc(-c5ccncc5)cc4)nc(-c4ccc5ccc6cccc7ccc4c5c67)n3)cc1)c1ccccc12. The first kappa shape index (κ1) is 30.4. The minimum absolute atomic E-state index is 0.711. The summed E-state index contributed by atoms with van der Waals surface area (Å²) >= 11 is 0. The van der Waals surface area contributed by atoms with Gasteiger partial charge < -0.3 is 0 Å². The summed E-state index contributed by atoms with van der Waals surface area (Å²) in [4.78, 5) is 14.8. The van der Waals surface area contributed by atoms with Crippen LogP contribution in [0.2, 0.25) is 0 Å². The molecule has 0 amide bonds. The van der Waals surface area contributed by atoms with Crippen molar-refractivity contribution in [3.63, 3.8) is 0 Å². The Kier molecular flexibility index (Phi) is 6.86. The fourth-order valence-corrected chi connectivity index (χ4v) is 8.29. The van der Waals surface area contributed by atoms with Crippen LogP contribution in [0, 0.1) is 0 Å². The van der Waals surface area contributed by atoms with Crippen molar-refractivity contribution >= 4 is 53.9 Å². The van der Waals surface area contributed by atoms with Gasteiger partial charge in [-0.05, 0) is 106 Å². The number of aromatic nitrogens is 3. The molecule has 54 heavy (non-hydrogen) atoms. The second-order valence-corrected chi connectivity index (χ2v) is 14.0. The summed E-state index contributed by atoms with van der Waals surface area (Å²) in [5.41, 5.74) is 9.54. The zero-order valence-corrected chi connectivity index (χ0v) is 29.2. The largest absolute Gasteiger partial charge is 0.265 e. The summed E-state index contributed by atoms with van der Waals surface area (Å²) in [6.45, 7) is 0. The van der Waals surface area contributed by atoms with Crippen molar-refractivity contribution in [1.29, 1.82) is 0 Å². The van der Waals surface area contributed by atoms with E-state index in [1.807, 2.05) is 24.5 Å². The standard InChI is InChI=1S/C51H31N3/c1-2-9-41-40(6-1)30-46(43-11-4-3-10-42(41)43)34-14-18-36(19-15-34)48-31-47(35-16-12-32(13-17-35)33-26-28-52-29-27-33)53-51(54-48)45-25-23-39-21-20-37-7-5-8-38-22-24-44(45)50(39)49(37)38/h1-31H. The fourth-order valence-electron chi connectivity index (χ4n) is 8.29. The van der Waals surface area contributed by atoms with Crippen LogP contribution >= 0.6 is 0 Å². The maximum atomic E-state index is 5.32. The second kappa shape index (κ2) is 12.2. The Morgan fingerprint density at radius 3 is 1.56 bits per heavy atom. The lowest BCUT2D eigenvalue weighted by Crippen LogP contribution is -1.97. The molecule has 0 saturated heterocycles. The summed E-state index contributed by atoms with van der Waals surface area (Å²) in [5.74, 6) is 0.711. The molecule has 0 spiro atoms. The van der Waals surface area contributed by atoms with E-state index in [1.165, 1.54) is 59.6 Å². The van der Waals surface area contributed by atoms with Crippen LogP contribution in [0.25, 0.3) is 110 Å². The first-order valence-electron chi connectivity index (χ1n) is 18.3. The van der Waals surface area contributed by atoms with Crippen LogP contribution in [0.1, 0.15) is 0 Å². The molecule has 3 nitrogen and oxygen atoms in total. The molecule has 2 heterocycles. The first-order valence-corrected chi connectivity index (χ1v) is 18.3. The van der Waals surface area contributed by atoms with E-state index in [1.54, 1.807) is 0 Å². The van der Waals surface area contributed by atoms with E-state index in [2.05, 4.69) is 169 Å². The average molecular weight is 686 g/mol. The summed E-state index contributed by atoms with van der Waals surface area (Å²) in [5, 5.41) is 12.4. The van der Waals surface area contributed by atoms with Gasteiger partial charge in [0.15, 0.2) is 5.82 Å². The van der Waals surface area contributed by atoms with Crippen LogP contribution in [-0.2, 0) is 0 Å². The van der Waals surface area contributed by atoms with Gasteiger partial charge in [0, 0.05) is 29.1 Å². The average Bonchev–Trinajstić information content (AvgIpc) is 3.25. The number of pyridine rings is 1. The Morgan fingerprint density at radius 1 is 0.296 bits per heavy atom. The molecular formula is C51H31N3. The quantitative estimate of drug-likeness (QED) is 0.169. The highest BCUT2D eigenvalue weighted by Crippen LogP contribution is 2.40. The molecule has 11 rings (SSSR count). The summed E-state index contributed by atoms with van der Waals surface area (Å²) in [7, 11) is 0. The molecule has 0 radical (unpaired) electrons. The van der Waals surface area contributed by atoms with Crippen molar-refractivity contribution in [2.24, 2.45) is 0 Å². The molecule has 0 aliphatic heterocycles. The Hall–Kier alpha value is -7.23. The Balaban J connectivity index is 1.08. The smallest absolute Gasteiger partial charge is 0.161 e. The van der Waals surface area contributed by atoms with E-state index in [9.17, 15) is 0 Å². The number of nitrogens with zero attached hydrogens (tertiary/aromatic N) is 3. The predicted molar refractivity (Wildman–Crippen MR) is 226 cm³/mol. The van der Waals surface area contributed by atoms with Gasteiger partial charge in [0.1, 0.15) is 0 Å². The van der Waals surface area contributed by atoms with Gasteiger partial charge in [-0.3, -0.25) is 4.98 Å². The molecule has 11 aromatic rings. The molecule has 0 saturated carbocycles. The van der Waals surface area contributed by atoms with Crippen molar-refractivity contribution in [1.82, 2.24) is 15.0 Å². The van der Waals surface area contributed by atoms with Crippen LogP contribution in [0.3, 0.4) is 0 Å². The molecule has 0 fully saturated rings. The number of rotatable bonds is 5. The van der Waals surface area contributed by atoms with E-state index in [0.29, 0.717) is 5.82 Å². The molecule has 250 valence electrons. The van der Waals surface area contributed by atoms with Crippen molar-refractivity contribution in [3.05, 3.63) is 188 Å². The Bertz CT molecular complexity index is 3170. The van der Waals surface area contributed by atoms with Crippen LogP contribution in [0.4, 0.5) is 0 Å². The van der Waals surface area contributed by atoms with Gasteiger partial charge in [-0.2, -0.15) is 0 Å². The van der Waals surface area contributed by atoms with Crippen LogP contribution in [0.15, 0.2) is 188 Å². The predicted octanol–water partition coefficient (Wildman–Crippen LogP) is 13.4. The molecule has 0 atom stereocenters. The highest BCUT2D eigenvalue weighted by Gasteiger charge is 2.17. The lowest BCUT2D eigenvalue weighted by Gasteiger charge is -2.15. The van der Waals surface area contributed by atoms with Crippen LogP contribution in [0.5, 0.6) is 0 Å². The van der Waals surface area contributed by atoms with Gasteiger partial charge in [0.25, 0.3) is 0 Å². The van der Waals surface area contributed by atoms with Crippen LogP contribution < -0.4 is 0 Å². The highest BCUT2D eigenvalue weighted by atomic mass is 14.9. The van der Waals surface area contributed by atoms with E-state index >= 15 is 0 Å². The lowest BCUT2D eigenvalue weighted by atomic mass is 9.91. The maximum absolute atomic E-state index is 5.32. The molecule has 0 bridgehead atoms. The van der Waals surface area contributed by atoms with Crippen LogP contribution in [-0.4, -0.2) is 15.0 Å². The zero-order chi connectivity index (χ0) is 35.6. The van der Waals surface area contributed by atoms with Gasteiger partial charge in [-0.25, -0.2) is 9.97 Å². The molecule has 9 aromatic carbocycles. The summed E-state index contributed by atoms with van der Waals surface area (Å²) in [6.07, 6.45) is 3.66. The number of hydrogen-bond donors (Lipinski definition) is 0. The van der Waals surface area contributed by atoms with Gasteiger partial charge in [-0.15, -0.1) is 0 Å². The topological polar surface area (TPSA) is 38.7 Å². The number of benzene rings is 9. The molecular weight excluding hydrogens is 655 g/mol. The van der Waals surface area contributed by atoms with Crippen molar-refractivity contribution in [3.8, 4) is 56.2 Å². The van der Waals surface area contributed by atoms with Gasteiger partial charge in [0.05, 0.1) is 11.4 Å². The minimum Gasteiger partial charge on any atom is -0.265 e. The Morgan fingerprint density at radius 2 is 0.833 bits per heavy atom. The highest BCUT2D eigenvalue weighted by molar-refractivity contribution is 6.25. The minimum atomic E-state index is 0.711. The van der Waals surface area contributed by atoms with E-state index in [0.717, 1.165) is 44.6 Å². The first-order chi connectivity index (χ1) is 26.7. The fraction of sp³-hybridized carbons (Fsp3) is 0. The molecule has 0 aliphatic carbocycles. The molecule has 0 aliphatic rings. The number of fused-ring (bicyclic) bond motifs is 3. The second-order valence-electron chi connectivity index (χ2n) is 14.0. The van der Waals surface area contributed by atoms with Crippen molar-refractivity contribution in [2.75, 3.05) is 0 Å². The van der Waals surface area contributed by atoms with Gasteiger partial charge in [-0.1, -0.05) is 146 Å². The Labute approximate surface area is 312 Å². The number of hydrogen-bond acceptors (Lipinski definition) is 3. The third-order valence-corrected chi connectivity index (χ3v) is 10.9. The third kappa shape index (κ3) is 4.94. The normalized spacial score (nSPS) is 11.7. The molecule has 2 aromatic heterocycles. The van der Waals surface area contributed by atoms with Crippen molar-refractivity contribution < 1.29 is 0 Å². The monoisotopic (exact) mass is 685 g/mol. The van der Waals surface area contributed by atoms with E-state index < -0.39 is 0 Å². The van der Waals surface area contributed by atoms with E-state index in [4.69, 9.17) is 9.97 Å².